The molecule has 1 unspecified atom stereocenters. The Balaban J connectivity index is 1.47. The van der Waals surface area contributed by atoms with E-state index in [0.717, 1.165) is 22.3 Å². The van der Waals surface area contributed by atoms with Crippen LogP contribution in [0.1, 0.15) is 36.1 Å². The van der Waals surface area contributed by atoms with E-state index < -0.39 is 0 Å². The molecule has 0 spiro atoms. The molecule has 2 aromatic carbocycles. The van der Waals surface area contributed by atoms with Gasteiger partial charge in [0.05, 0.1) is 30.0 Å². The summed E-state index contributed by atoms with van der Waals surface area (Å²) < 4.78 is 16.9. The number of nitrogens with one attached hydrogen (secondary N) is 2. The summed E-state index contributed by atoms with van der Waals surface area (Å²) >= 11 is 0. The topological polar surface area (TPSA) is 115 Å². The van der Waals surface area contributed by atoms with Gasteiger partial charge < -0.3 is 29.5 Å². The highest BCUT2D eigenvalue weighted by Gasteiger charge is 2.34. The maximum absolute atomic E-state index is 10.1. The zero-order chi connectivity index (χ0) is 24.4. The predicted molar refractivity (Wildman–Crippen MR) is 134 cm³/mol. The lowest BCUT2D eigenvalue weighted by Gasteiger charge is -2.20. The van der Waals surface area contributed by atoms with Crippen molar-refractivity contribution in [1.82, 2.24) is 15.2 Å². The Morgan fingerprint density at radius 2 is 1.97 bits per heavy atom. The summed E-state index contributed by atoms with van der Waals surface area (Å²) in [7, 11) is 1.28. The predicted octanol–water partition coefficient (Wildman–Crippen LogP) is 3.76. The number of rotatable bonds is 8. The normalized spacial score (nSPS) is 15.7. The van der Waals surface area contributed by atoms with E-state index in [2.05, 4.69) is 25.8 Å². The summed E-state index contributed by atoms with van der Waals surface area (Å²) in [6.45, 7) is 3.64. The fourth-order valence-corrected chi connectivity index (χ4v) is 4.21. The van der Waals surface area contributed by atoms with Crippen molar-refractivity contribution in [2.24, 2.45) is 0 Å². The van der Waals surface area contributed by atoms with Crippen LogP contribution in [-0.4, -0.2) is 41.1 Å². The fourth-order valence-electron chi connectivity index (χ4n) is 4.21. The Bertz CT molecular complexity index is 1320. The molecule has 0 fully saturated rings. The van der Waals surface area contributed by atoms with Crippen LogP contribution in [0, 0.1) is 6.92 Å². The number of aliphatic hydroxyl groups excluding tert-OH is 1. The first-order valence-electron chi connectivity index (χ1n) is 11.4. The van der Waals surface area contributed by atoms with E-state index in [1.165, 1.54) is 0 Å². The molecule has 4 aromatic rings. The number of nitrogens with zero attached hydrogens (tertiary/aromatic N) is 3. The molecule has 0 bridgehead atoms. The van der Waals surface area contributed by atoms with Crippen LogP contribution in [0.4, 0.5) is 17.2 Å². The lowest BCUT2D eigenvalue weighted by atomic mass is 9.78. The molecule has 9 nitrogen and oxygen atoms in total. The van der Waals surface area contributed by atoms with E-state index in [0.29, 0.717) is 28.9 Å². The fraction of sp³-hybridized carbons (Fsp3) is 0.240. The molecule has 5 rings (SSSR count). The molecule has 0 aliphatic carbocycles. The Labute approximate surface area is 203 Å². The van der Waals surface area contributed by atoms with Gasteiger partial charge in [0.15, 0.2) is 0 Å². The molecular formula is C25H26BN5O4. The number of aromatic nitrogens is 3. The zero-order valence-corrected chi connectivity index (χ0v) is 19.7. The van der Waals surface area contributed by atoms with Gasteiger partial charge in [-0.25, -0.2) is 4.98 Å². The van der Waals surface area contributed by atoms with Crippen LogP contribution >= 0.6 is 0 Å². The zero-order valence-electron chi connectivity index (χ0n) is 19.7. The van der Waals surface area contributed by atoms with Gasteiger partial charge in [-0.2, -0.15) is 0 Å². The third-order valence-corrected chi connectivity index (χ3v) is 5.97. The average molecular weight is 471 g/mol. The van der Waals surface area contributed by atoms with Crippen LogP contribution in [0.2, 0.25) is 0 Å². The van der Waals surface area contributed by atoms with Crippen molar-refractivity contribution in [3.05, 3.63) is 77.8 Å². The second-order valence-corrected chi connectivity index (χ2v) is 8.35. The van der Waals surface area contributed by atoms with E-state index in [1.54, 1.807) is 20.2 Å². The smallest absolute Gasteiger partial charge is 0.421 e. The molecule has 3 heterocycles. The maximum atomic E-state index is 10.1. The van der Waals surface area contributed by atoms with Crippen LogP contribution in [-0.2, 0) is 9.31 Å². The van der Waals surface area contributed by atoms with Crippen molar-refractivity contribution in [1.29, 1.82) is 0 Å². The Morgan fingerprint density at radius 1 is 1.14 bits per heavy atom. The van der Waals surface area contributed by atoms with Crippen LogP contribution in [0.25, 0.3) is 11.5 Å². The summed E-state index contributed by atoms with van der Waals surface area (Å²) in [6.07, 6.45) is 1.61. The molecule has 0 saturated carbocycles. The van der Waals surface area contributed by atoms with Gasteiger partial charge in [0.1, 0.15) is 5.82 Å². The maximum Gasteiger partial charge on any atom is 0.494 e. The van der Waals surface area contributed by atoms with E-state index in [1.807, 2.05) is 61.5 Å². The lowest BCUT2D eigenvalue weighted by molar-refractivity contribution is 0.191. The van der Waals surface area contributed by atoms with Crippen molar-refractivity contribution in [3.63, 3.8) is 0 Å². The lowest BCUT2D eigenvalue weighted by Crippen LogP contribution is -2.30. The Hall–Kier alpha value is -3.73. The monoisotopic (exact) mass is 471 g/mol. The van der Waals surface area contributed by atoms with Crippen molar-refractivity contribution >= 4 is 29.8 Å². The third kappa shape index (κ3) is 4.76. The van der Waals surface area contributed by atoms with E-state index in [4.69, 9.17) is 13.7 Å². The summed E-state index contributed by atoms with van der Waals surface area (Å²) in [5.74, 6) is 1.42. The van der Waals surface area contributed by atoms with Crippen LogP contribution < -0.4 is 16.1 Å². The van der Waals surface area contributed by atoms with Gasteiger partial charge >= 0.3 is 7.12 Å². The van der Waals surface area contributed by atoms with Gasteiger partial charge in [-0.1, -0.05) is 36.4 Å². The molecule has 178 valence electrons. The number of hydrogen-bond donors (Lipinski definition) is 3. The molecule has 3 N–H and O–H groups in total. The Kier molecular flexibility index (Phi) is 6.50. The molecule has 0 saturated heterocycles. The van der Waals surface area contributed by atoms with Gasteiger partial charge in [0, 0.05) is 32.0 Å². The summed E-state index contributed by atoms with van der Waals surface area (Å²) in [6, 6.07) is 17.3. The largest absolute Gasteiger partial charge is 0.494 e. The van der Waals surface area contributed by atoms with Crippen molar-refractivity contribution in [3.8, 4) is 11.5 Å². The van der Waals surface area contributed by atoms with Gasteiger partial charge in [-0.15, -0.1) is 10.2 Å². The number of fused-ring (bicyclic) bond motifs is 1. The van der Waals surface area contributed by atoms with Gasteiger partial charge in [0.2, 0.25) is 5.89 Å². The van der Waals surface area contributed by atoms with E-state index >= 15 is 0 Å². The summed E-state index contributed by atoms with van der Waals surface area (Å²) in [5, 5.41) is 25.0. The number of anilines is 3. The number of hydrogen-bond acceptors (Lipinski definition) is 9. The highest BCUT2D eigenvalue weighted by atomic mass is 16.6. The molecule has 0 amide bonds. The van der Waals surface area contributed by atoms with E-state index in [-0.39, 0.29) is 25.9 Å². The molecule has 2 aromatic heterocycles. The molecule has 2 atom stereocenters. The highest BCUT2D eigenvalue weighted by molar-refractivity contribution is 6.63. The van der Waals surface area contributed by atoms with Crippen molar-refractivity contribution in [2.45, 2.75) is 26.0 Å². The second kappa shape index (κ2) is 9.87. The number of benzene rings is 2. The quantitative estimate of drug-likeness (QED) is 0.331. The minimum Gasteiger partial charge on any atom is -0.421 e. The van der Waals surface area contributed by atoms with E-state index in [9.17, 15) is 5.11 Å². The second-order valence-electron chi connectivity index (χ2n) is 8.35. The standard InChI is InChI=1S/C25H26BN5O4/c1-15-19-11-18(9-10-21(19)26(33-3)35-15)28-24-12-22(20(13-27-24)25-31-30-16(2)34-25)29-23(14-32)17-7-5-4-6-8-17/h4-13,15,23,32H,14H2,1-3H3,(H2,27,28,29)/t15?,23-/m1/s1. The summed E-state index contributed by atoms with van der Waals surface area (Å²) in [4.78, 5) is 4.57. The number of aliphatic hydroxyl groups is 1. The first-order chi connectivity index (χ1) is 17.1. The summed E-state index contributed by atoms with van der Waals surface area (Å²) in [5.41, 5.74) is 5.27. The van der Waals surface area contributed by atoms with Gasteiger partial charge in [-0.3, -0.25) is 0 Å². The molecule has 1 aliphatic heterocycles. The van der Waals surface area contributed by atoms with Crippen LogP contribution in [0.15, 0.2) is 65.2 Å². The number of pyridine rings is 1. The van der Waals surface area contributed by atoms with Crippen LogP contribution in [0.5, 0.6) is 0 Å². The van der Waals surface area contributed by atoms with Gasteiger partial charge in [-0.05, 0) is 35.6 Å². The Morgan fingerprint density at radius 3 is 2.69 bits per heavy atom. The molecule has 0 radical (unpaired) electrons. The highest BCUT2D eigenvalue weighted by Crippen LogP contribution is 2.33. The molecule has 10 heteroatoms. The first-order valence-corrected chi connectivity index (χ1v) is 11.4. The molecule has 35 heavy (non-hydrogen) atoms. The minimum absolute atomic E-state index is 0.0683. The van der Waals surface area contributed by atoms with Gasteiger partial charge in [0.25, 0.3) is 5.89 Å². The SMILES string of the molecule is COB1OC(C)c2cc(Nc3cc(N[C@H](CO)c4ccccc4)c(-c4nnc(C)o4)cn3)ccc21. The number of aryl methyl sites for hydroxylation is 1. The average Bonchev–Trinajstić information content (AvgIpc) is 3.45. The van der Waals surface area contributed by atoms with Crippen molar-refractivity contribution in [2.75, 3.05) is 24.4 Å². The van der Waals surface area contributed by atoms with Crippen LogP contribution in [0.3, 0.4) is 0 Å². The molecular weight excluding hydrogens is 445 g/mol. The third-order valence-electron chi connectivity index (χ3n) is 5.97. The first kappa shape index (κ1) is 23.0. The molecule has 1 aliphatic rings. The van der Waals surface area contributed by atoms with Crippen molar-refractivity contribution < 1.29 is 18.8 Å². The minimum atomic E-state index is -0.353.